The Labute approximate surface area is 250 Å². The Hall–Kier alpha value is -1.65. The van der Waals surface area contributed by atoms with Gasteiger partial charge in [-0.15, -0.1) is 0 Å². The number of aliphatic hydroxyl groups excluding tert-OH is 1. The molecule has 0 bridgehead atoms. The highest BCUT2D eigenvalue weighted by molar-refractivity contribution is 5.39. The number of rotatable bonds is 9. The molecule has 0 radical (unpaired) electrons. The highest BCUT2D eigenvalue weighted by atomic mass is 19.4. The average molecular weight is 625 g/mol. The number of alkyl halides is 7. The van der Waals surface area contributed by atoms with Crippen LogP contribution in [0.2, 0.25) is 0 Å². The molecule has 0 aromatic carbocycles. The fourth-order valence-corrected chi connectivity index (χ4v) is 8.01. The molecule has 0 aliphatic heterocycles. The second-order valence-electron chi connectivity index (χ2n) is 14.3. The van der Waals surface area contributed by atoms with Crippen LogP contribution < -0.4 is 0 Å². The fourth-order valence-electron chi connectivity index (χ4n) is 8.01. The molecule has 3 N–H and O–H groups in total. The van der Waals surface area contributed by atoms with Crippen molar-refractivity contribution in [1.82, 2.24) is 0 Å². The first-order valence-electron chi connectivity index (χ1n) is 15.2. The number of allylic oxidation sites excluding steroid dienone is 5. The van der Waals surface area contributed by atoms with Crippen LogP contribution >= 0.6 is 0 Å². The van der Waals surface area contributed by atoms with Crippen molar-refractivity contribution in [2.75, 3.05) is 0 Å². The third-order valence-corrected chi connectivity index (χ3v) is 10.4. The lowest BCUT2D eigenvalue weighted by atomic mass is 9.55. The van der Waals surface area contributed by atoms with E-state index in [4.69, 9.17) is 0 Å². The summed E-state index contributed by atoms with van der Waals surface area (Å²) in [4.78, 5) is 0. The van der Waals surface area contributed by atoms with Crippen molar-refractivity contribution >= 4 is 0 Å². The van der Waals surface area contributed by atoms with Gasteiger partial charge >= 0.3 is 12.4 Å². The van der Waals surface area contributed by atoms with Crippen LogP contribution in [0.5, 0.6) is 0 Å². The smallest absolute Gasteiger partial charge is 0.393 e. The Morgan fingerprint density at radius 2 is 1.60 bits per heavy atom. The predicted octanol–water partition coefficient (Wildman–Crippen LogP) is 8.85. The van der Waals surface area contributed by atoms with E-state index < -0.39 is 41.2 Å². The molecule has 3 fully saturated rings. The first-order chi connectivity index (χ1) is 19.5. The third-order valence-electron chi connectivity index (χ3n) is 10.4. The maximum absolute atomic E-state index is 14.3. The summed E-state index contributed by atoms with van der Waals surface area (Å²) in [6, 6.07) is 0. The van der Waals surface area contributed by atoms with Crippen LogP contribution in [-0.4, -0.2) is 51.1 Å². The average Bonchev–Trinajstić information content (AvgIpc) is 3.21. The molecule has 0 saturated heterocycles. The second-order valence-corrected chi connectivity index (χ2v) is 14.3. The first-order valence-corrected chi connectivity index (χ1v) is 15.2. The van der Waals surface area contributed by atoms with E-state index in [1.54, 1.807) is 13.8 Å². The molecule has 3 nitrogen and oxygen atoms in total. The minimum Gasteiger partial charge on any atom is -0.393 e. The first kappa shape index (κ1) is 35.8. The van der Waals surface area contributed by atoms with Crippen LogP contribution in [-0.2, 0) is 0 Å². The molecule has 0 amide bonds. The van der Waals surface area contributed by atoms with Crippen LogP contribution in [0.1, 0.15) is 98.3 Å². The summed E-state index contributed by atoms with van der Waals surface area (Å²) in [6.07, 6.45) is -3.71. The molecular formula is C33H47F7O3. The Balaban J connectivity index is 1.93. The summed E-state index contributed by atoms with van der Waals surface area (Å²) in [5.41, 5.74) is -4.69. The molecule has 0 aromatic rings. The Kier molecular flexibility index (Phi) is 10.5. The quantitative estimate of drug-likeness (QED) is 0.177. The molecule has 3 rings (SSSR count). The molecule has 6 atom stereocenters. The van der Waals surface area contributed by atoms with Crippen LogP contribution in [0.4, 0.5) is 30.7 Å². The van der Waals surface area contributed by atoms with Gasteiger partial charge in [0.25, 0.3) is 5.60 Å². The summed E-state index contributed by atoms with van der Waals surface area (Å²) in [7, 11) is 0. The minimum atomic E-state index is -5.93. The van der Waals surface area contributed by atoms with Crippen molar-refractivity contribution in [2.24, 2.45) is 22.7 Å². The van der Waals surface area contributed by atoms with Gasteiger partial charge in [0.1, 0.15) is 6.17 Å². The number of fused-ring (bicyclic) bond motifs is 1. The van der Waals surface area contributed by atoms with Gasteiger partial charge < -0.3 is 15.3 Å². The van der Waals surface area contributed by atoms with Crippen LogP contribution in [0, 0.1) is 22.7 Å². The van der Waals surface area contributed by atoms with Crippen molar-refractivity contribution in [3.8, 4) is 0 Å². The Morgan fingerprint density at radius 1 is 0.977 bits per heavy atom. The van der Waals surface area contributed by atoms with Gasteiger partial charge in [0.2, 0.25) is 0 Å². The Bertz CT molecular complexity index is 1080. The predicted molar refractivity (Wildman–Crippen MR) is 153 cm³/mol. The van der Waals surface area contributed by atoms with Crippen LogP contribution in [0.25, 0.3) is 0 Å². The SMILES string of the molecule is C=C1C(=CC=C2CCC[C@@]3(C)C2CC[C@@H]3[C@](C)(CC=CC(O)(C(F)(F)F)C(F)(F)F)CCCC(C)(C)O)CC(O)C[C@@H]1F. The molecule has 43 heavy (non-hydrogen) atoms. The van der Waals surface area contributed by atoms with Gasteiger partial charge in [-0.25, -0.2) is 4.39 Å². The van der Waals surface area contributed by atoms with Gasteiger partial charge in [-0.3, -0.25) is 0 Å². The maximum atomic E-state index is 14.3. The van der Waals surface area contributed by atoms with Crippen LogP contribution in [0.3, 0.4) is 0 Å². The monoisotopic (exact) mass is 624 g/mol. The minimum absolute atomic E-state index is 0.0267. The zero-order chi connectivity index (χ0) is 32.6. The van der Waals surface area contributed by atoms with E-state index in [9.17, 15) is 46.1 Å². The van der Waals surface area contributed by atoms with E-state index >= 15 is 0 Å². The molecule has 0 aromatic heterocycles. The third kappa shape index (κ3) is 7.78. The van der Waals surface area contributed by atoms with Crippen molar-refractivity contribution in [3.63, 3.8) is 0 Å². The molecule has 3 saturated carbocycles. The molecule has 0 heterocycles. The van der Waals surface area contributed by atoms with E-state index in [-0.39, 0.29) is 36.2 Å². The molecule has 10 heteroatoms. The van der Waals surface area contributed by atoms with Crippen LogP contribution in [0.15, 0.2) is 47.6 Å². The van der Waals surface area contributed by atoms with Crippen molar-refractivity contribution < 1.29 is 46.1 Å². The van der Waals surface area contributed by atoms with Crippen molar-refractivity contribution in [3.05, 3.63) is 47.6 Å². The topological polar surface area (TPSA) is 60.7 Å². The van der Waals surface area contributed by atoms with Gasteiger partial charge in [-0.1, -0.05) is 50.6 Å². The molecule has 3 aliphatic rings. The van der Waals surface area contributed by atoms with E-state index in [2.05, 4.69) is 13.5 Å². The van der Waals surface area contributed by atoms with Gasteiger partial charge in [-0.05, 0) is 112 Å². The number of hydrogen-bond donors (Lipinski definition) is 3. The van der Waals surface area contributed by atoms with Gasteiger partial charge in [0.15, 0.2) is 0 Å². The second kappa shape index (κ2) is 12.6. The number of hydrogen-bond acceptors (Lipinski definition) is 3. The molecule has 3 aliphatic carbocycles. The number of halogens is 7. The zero-order valence-electron chi connectivity index (χ0n) is 25.6. The molecule has 246 valence electrons. The van der Waals surface area contributed by atoms with Crippen molar-refractivity contribution in [2.45, 2.75) is 134 Å². The lowest BCUT2D eigenvalue weighted by Gasteiger charge is -2.49. The largest absolute Gasteiger partial charge is 0.429 e. The van der Waals surface area contributed by atoms with Crippen molar-refractivity contribution in [1.29, 1.82) is 0 Å². The van der Waals surface area contributed by atoms with E-state index in [0.717, 1.165) is 38.2 Å². The highest BCUT2D eigenvalue weighted by Gasteiger charge is 2.69. The van der Waals surface area contributed by atoms with E-state index in [1.165, 1.54) is 5.57 Å². The normalized spacial score (nSPS) is 32.9. The zero-order valence-corrected chi connectivity index (χ0v) is 25.6. The summed E-state index contributed by atoms with van der Waals surface area (Å²) in [6.45, 7) is 11.2. The lowest BCUT2D eigenvalue weighted by Crippen LogP contribution is -2.55. The summed E-state index contributed by atoms with van der Waals surface area (Å²) < 4.78 is 94.4. The standard InChI is InChI=1S/C33H47F7O3/c1-21-23(19-24(41)20-26(21)34)11-10-22-9-6-17-30(5)25(22)12-13-27(30)29(4,15-7-14-28(2,3)42)16-8-18-31(43,32(35,36)37)33(38,39)40/h8,10-11,18,24-27,41-43H,1,6-7,9,12-17,19-20H2,2-5H3/t24?,25?,26-,27+,29-,30-/m0/s1. The van der Waals surface area contributed by atoms with Gasteiger partial charge in [0, 0.05) is 6.42 Å². The lowest BCUT2D eigenvalue weighted by molar-refractivity contribution is -0.347. The summed E-state index contributed by atoms with van der Waals surface area (Å²) >= 11 is 0. The summed E-state index contributed by atoms with van der Waals surface area (Å²) in [5.74, 6) is 0.0882. The van der Waals surface area contributed by atoms with E-state index in [1.807, 2.05) is 19.1 Å². The molecule has 0 spiro atoms. The maximum Gasteiger partial charge on any atom is 0.429 e. The Morgan fingerprint density at radius 3 is 2.19 bits per heavy atom. The molecule has 2 unspecified atom stereocenters. The van der Waals surface area contributed by atoms with Gasteiger partial charge in [-0.2, -0.15) is 26.3 Å². The van der Waals surface area contributed by atoms with E-state index in [0.29, 0.717) is 36.8 Å². The fraction of sp³-hybridized carbons (Fsp3) is 0.758. The number of aliphatic hydroxyl groups is 3. The highest BCUT2D eigenvalue weighted by Crippen LogP contribution is 2.64. The summed E-state index contributed by atoms with van der Waals surface area (Å²) in [5, 5.41) is 30.0. The molecular weight excluding hydrogens is 577 g/mol. The van der Waals surface area contributed by atoms with Gasteiger partial charge in [0.05, 0.1) is 11.7 Å².